The third kappa shape index (κ3) is 0.958. The van der Waals surface area contributed by atoms with Crippen LogP contribution in [0.15, 0.2) is 11.1 Å². The van der Waals surface area contributed by atoms with E-state index >= 15 is 0 Å². The molecular weight excluding hydrogens is 122 g/mol. The van der Waals surface area contributed by atoms with Gasteiger partial charge < -0.3 is 5.73 Å². The number of hydrogen-bond acceptors (Lipinski definition) is 3. The van der Waals surface area contributed by atoms with Gasteiger partial charge in [-0.1, -0.05) is 0 Å². The van der Waals surface area contributed by atoms with Crippen molar-refractivity contribution in [2.24, 2.45) is 5.73 Å². The molecule has 0 aliphatic heterocycles. The first-order chi connectivity index (χ1) is 4.20. The smallest absolute Gasteiger partial charge is 0.361 e. The highest BCUT2D eigenvalue weighted by Gasteiger charge is 1.92. The van der Waals surface area contributed by atoms with Crippen LogP contribution < -0.4 is 11.4 Å². The maximum Gasteiger partial charge on any atom is 0.361 e. The number of rotatable bonds is 0. The maximum absolute atomic E-state index is 10.3. The van der Waals surface area contributed by atoms with E-state index in [1.165, 1.54) is 0 Å². The maximum atomic E-state index is 10.3. The van der Waals surface area contributed by atoms with Crippen molar-refractivity contribution in [1.82, 2.24) is 14.8 Å². The summed E-state index contributed by atoms with van der Waals surface area (Å²) in [6, 6.07) is 0. The van der Waals surface area contributed by atoms with Gasteiger partial charge >= 0.3 is 5.69 Å². The Balaban J connectivity index is 3.12. The summed E-state index contributed by atoms with van der Waals surface area (Å²) in [6.45, 7) is 0. The Bertz CT molecular complexity index is 270. The third-order valence-corrected chi connectivity index (χ3v) is 0.766. The predicted molar refractivity (Wildman–Crippen MR) is 30.2 cm³/mol. The van der Waals surface area contributed by atoms with Crippen molar-refractivity contribution in [1.29, 1.82) is 5.41 Å². The quantitative estimate of drug-likeness (QED) is 0.286. The topological polar surface area (TPSA) is 101 Å². The molecule has 0 unspecified atom stereocenters. The van der Waals surface area contributed by atoms with E-state index < -0.39 is 5.69 Å². The molecule has 0 amide bonds. The van der Waals surface area contributed by atoms with Crippen LogP contribution in [-0.2, 0) is 0 Å². The van der Waals surface area contributed by atoms with Crippen molar-refractivity contribution in [2.45, 2.75) is 0 Å². The van der Waals surface area contributed by atoms with Crippen LogP contribution in [0, 0.1) is 5.41 Å². The second kappa shape index (κ2) is 1.73. The zero-order valence-corrected chi connectivity index (χ0v) is 4.46. The van der Waals surface area contributed by atoms with Gasteiger partial charge in [0.1, 0.15) is 6.33 Å². The molecule has 0 spiro atoms. The lowest BCUT2D eigenvalue weighted by Gasteiger charge is -1.91. The number of nitrogen functional groups attached to an aromatic ring is 1. The fourth-order valence-corrected chi connectivity index (χ4v) is 0.393. The predicted octanol–water partition coefficient (Wildman–Crippen LogP) is -1.69. The molecule has 6 heteroatoms. The number of nitrogens with two attached hydrogens (primary N) is 1. The van der Waals surface area contributed by atoms with Gasteiger partial charge in [-0.2, -0.15) is 4.98 Å². The van der Waals surface area contributed by atoms with Crippen LogP contribution in [0.1, 0.15) is 0 Å². The van der Waals surface area contributed by atoms with Crippen molar-refractivity contribution < 1.29 is 0 Å². The Morgan fingerprint density at radius 1 is 2.00 bits per heavy atom. The average Bonchev–Trinajstić information content (AvgIpc) is 2.14. The minimum Gasteiger partial charge on any atom is -0.368 e. The first-order valence-corrected chi connectivity index (χ1v) is 2.18. The molecule has 4 N–H and O–H groups in total. The van der Waals surface area contributed by atoms with Crippen LogP contribution in [0.4, 0.5) is 0 Å². The first-order valence-electron chi connectivity index (χ1n) is 2.18. The van der Waals surface area contributed by atoms with E-state index in [2.05, 4.69) is 10.1 Å². The van der Waals surface area contributed by atoms with Gasteiger partial charge in [0.2, 0.25) is 5.96 Å². The summed E-state index contributed by atoms with van der Waals surface area (Å²) in [7, 11) is 0. The second-order valence-electron chi connectivity index (χ2n) is 1.42. The number of aromatic nitrogens is 3. The van der Waals surface area contributed by atoms with Gasteiger partial charge in [-0.25, -0.2) is 14.6 Å². The Kier molecular flexibility index (Phi) is 1.07. The lowest BCUT2D eigenvalue weighted by atomic mass is 11.0. The molecule has 0 aliphatic carbocycles. The number of nitrogens with zero attached hydrogens (tertiary/aromatic N) is 2. The molecule has 9 heavy (non-hydrogen) atoms. The number of nitrogens with one attached hydrogen (secondary N) is 2. The van der Waals surface area contributed by atoms with Crippen LogP contribution >= 0.6 is 0 Å². The van der Waals surface area contributed by atoms with Crippen molar-refractivity contribution in [3.8, 4) is 0 Å². The van der Waals surface area contributed by atoms with Gasteiger partial charge in [0, 0.05) is 0 Å². The van der Waals surface area contributed by atoms with Gasteiger partial charge in [-0.05, 0) is 0 Å². The van der Waals surface area contributed by atoms with Crippen LogP contribution in [0.3, 0.4) is 0 Å². The average molecular weight is 127 g/mol. The fraction of sp³-hybridized carbons (Fsp3) is 0. The van der Waals surface area contributed by atoms with Crippen LogP contribution in [0.25, 0.3) is 0 Å². The summed E-state index contributed by atoms with van der Waals surface area (Å²) in [5.41, 5.74) is 4.45. The van der Waals surface area contributed by atoms with Gasteiger partial charge in [0.15, 0.2) is 0 Å². The Morgan fingerprint density at radius 2 is 2.67 bits per heavy atom. The first kappa shape index (κ1) is 5.54. The Labute approximate surface area is 49.8 Å². The fourth-order valence-electron chi connectivity index (χ4n) is 0.393. The van der Waals surface area contributed by atoms with Gasteiger partial charge in [-0.15, -0.1) is 0 Å². The molecule has 48 valence electrons. The monoisotopic (exact) mass is 127 g/mol. The summed E-state index contributed by atoms with van der Waals surface area (Å²) in [4.78, 5) is 13.5. The van der Waals surface area contributed by atoms with Crippen LogP contribution in [-0.4, -0.2) is 20.7 Å². The van der Waals surface area contributed by atoms with Crippen LogP contribution in [0.5, 0.6) is 0 Å². The molecule has 1 heterocycles. The van der Waals surface area contributed by atoms with Crippen molar-refractivity contribution in [2.75, 3.05) is 0 Å². The minimum absolute atomic E-state index is 0.260. The molecule has 1 rings (SSSR count). The molecule has 1 aromatic rings. The highest BCUT2D eigenvalue weighted by atomic mass is 16.1. The Hall–Kier alpha value is -1.59. The molecule has 0 fully saturated rings. The van der Waals surface area contributed by atoms with E-state index in [1.54, 1.807) is 0 Å². The largest absolute Gasteiger partial charge is 0.368 e. The number of aromatic amines is 1. The molecule has 0 bridgehead atoms. The summed E-state index contributed by atoms with van der Waals surface area (Å²) >= 11 is 0. The van der Waals surface area contributed by atoms with E-state index in [0.29, 0.717) is 0 Å². The lowest BCUT2D eigenvalue weighted by molar-refractivity contribution is 0.894. The van der Waals surface area contributed by atoms with Gasteiger partial charge in [-0.3, -0.25) is 5.41 Å². The molecule has 0 saturated heterocycles. The second-order valence-corrected chi connectivity index (χ2v) is 1.42. The minimum atomic E-state index is -0.509. The Morgan fingerprint density at radius 3 is 2.89 bits per heavy atom. The molecule has 0 aromatic carbocycles. The summed E-state index contributed by atoms with van der Waals surface area (Å²) in [6.07, 6.45) is 1.14. The highest BCUT2D eigenvalue weighted by molar-refractivity contribution is 5.75. The zero-order chi connectivity index (χ0) is 6.85. The molecule has 0 radical (unpaired) electrons. The molecule has 1 aromatic heterocycles. The third-order valence-electron chi connectivity index (χ3n) is 0.766. The SMILES string of the molecule is N=C(N)n1cnc(=O)[nH]1. The standard InChI is InChI=1S/C3H5N5O/c4-2(5)8-1-6-3(9)7-8/h1H,(H3,4,5)(H,7,9). The van der Waals surface area contributed by atoms with Crippen molar-refractivity contribution in [3.63, 3.8) is 0 Å². The van der Waals surface area contributed by atoms with Crippen molar-refractivity contribution >= 4 is 5.96 Å². The van der Waals surface area contributed by atoms with Crippen LogP contribution in [0.2, 0.25) is 0 Å². The van der Waals surface area contributed by atoms with Gasteiger partial charge in [0.25, 0.3) is 0 Å². The number of H-pyrrole nitrogens is 1. The number of hydrogen-bond donors (Lipinski definition) is 3. The van der Waals surface area contributed by atoms with Gasteiger partial charge in [0.05, 0.1) is 0 Å². The van der Waals surface area contributed by atoms with Crippen molar-refractivity contribution in [3.05, 3.63) is 16.8 Å². The molecule has 0 aliphatic rings. The lowest BCUT2D eigenvalue weighted by Crippen LogP contribution is -2.22. The van der Waals surface area contributed by atoms with E-state index in [9.17, 15) is 4.79 Å². The highest BCUT2D eigenvalue weighted by Crippen LogP contribution is 1.65. The summed E-state index contributed by atoms with van der Waals surface area (Å²) in [5, 5.41) is 8.96. The van der Waals surface area contributed by atoms with E-state index in [-0.39, 0.29) is 5.96 Å². The zero-order valence-electron chi connectivity index (χ0n) is 4.46. The summed E-state index contributed by atoms with van der Waals surface area (Å²) < 4.78 is 1.02. The molecule has 0 atom stereocenters. The van der Waals surface area contributed by atoms with E-state index in [0.717, 1.165) is 11.0 Å². The molecule has 6 nitrogen and oxygen atoms in total. The summed E-state index contributed by atoms with van der Waals surface area (Å²) in [5.74, 6) is -0.260. The van der Waals surface area contributed by atoms with E-state index in [4.69, 9.17) is 11.1 Å². The molecular formula is C3H5N5O. The molecule has 0 saturated carbocycles. The normalized spacial score (nSPS) is 9.33. The van der Waals surface area contributed by atoms with E-state index in [1.807, 2.05) is 0 Å².